The predicted octanol–water partition coefficient (Wildman–Crippen LogP) is 3.75. The van der Waals surface area contributed by atoms with Crippen LogP contribution < -0.4 is 10.1 Å². The normalized spacial score (nSPS) is 31.0. The first kappa shape index (κ1) is 22.1. The molecule has 5 rings (SSSR count). The van der Waals surface area contributed by atoms with Gasteiger partial charge in [-0.1, -0.05) is 12.1 Å². The second-order valence-corrected chi connectivity index (χ2v) is 9.63. The average molecular weight is 481 g/mol. The van der Waals surface area contributed by atoms with E-state index in [2.05, 4.69) is 10.1 Å². The van der Waals surface area contributed by atoms with Crippen molar-refractivity contribution in [2.75, 3.05) is 13.1 Å². The molecule has 0 radical (unpaired) electrons. The lowest BCUT2D eigenvalue weighted by molar-refractivity contribution is -0.189. The van der Waals surface area contributed by atoms with Crippen LogP contribution in [0.2, 0.25) is 0 Å². The van der Waals surface area contributed by atoms with Gasteiger partial charge in [0.1, 0.15) is 22.9 Å². The van der Waals surface area contributed by atoms with Crippen LogP contribution in [0.3, 0.4) is 0 Å². The molecule has 2 aliphatic carbocycles. The van der Waals surface area contributed by atoms with E-state index in [-0.39, 0.29) is 18.0 Å². The maximum Gasteiger partial charge on any atom is 0.491 e. The maximum atomic E-state index is 14.5. The van der Waals surface area contributed by atoms with Crippen molar-refractivity contribution in [1.82, 2.24) is 9.62 Å². The van der Waals surface area contributed by atoms with E-state index in [0.29, 0.717) is 30.8 Å². The van der Waals surface area contributed by atoms with E-state index < -0.39 is 35.0 Å². The first-order valence-electron chi connectivity index (χ1n) is 10.4. The van der Waals surface area contributed by atoms with Gasteiger partial charge in [-0.25, -0.2) is 13.5 Å². The molecular weight excluding hydrogens is 462 g/mol. The second kappa shape index (κ2) is 7.69. The molecule has 0 aromatic heterocycles. The van der Waals surface area contributed by atoms with Gasteiger partial charge in [0.25, 0.3) is 0 Å². The lowest BCUT2D eigenvalue weighted by Crippen LogP contribution is -2.70. The van der Waals surface area contributed by atoms with Gasteiger partial charge >= 0.3 is 12.1 Å². The Balaban J connectivity index is 1.41. The SMILES string of the molecule is O=C1CC(F)=CC23NC=NC24CN(Sc2cccc(OC(=O)C(F)(F)F)c2)CC=C4CCC13. The molecule has 2 spiro atoms. The smallest absolute Gasteiger partial charge is 0.420 e. The molecule has 174 valence electrons. The Labute approximate surface area is 190 Å². The van der Waals surface area contributed by atoms with Gasteiger partial charge in [0.2, 0.25) is 0 Å². The summed E-state index contributed by atoms with van der Waals surface area (Å²) in [6.45, 7) is 0.901. The Bertz CT molecular complexity index is 1120. The van der Waals surface area contributed by atoms with Gasteiger partial charge < -0.3 is 10.1 Å². The highest BCUT2D eigenvalue weighted by molar-refractivity contribution is 7.97. The molecule has 33 heavy (non-hydrogen) atoms. The van der Waals surface area contributed by atoms with Crippen LogP contribution in [0.15, 0.2) is 57.7 Å². The van der Waals surface area contributed by atoms with Crippen molar-refractivity contribution in [3.05, 3.63) is 47.8 Å². The molecule has 3 atom stereocenters. The zero-order valence-corrected chi connectivity index (χ0v) is 18.0. The first-order valence-corrected chi connectivity index (χ1v) is 11.1. The second-order valence-electron chi connectivity index (χ2n) is 8.46. The lowest BCUT2D eigenvalue weighted by Gasteiger charge is -2.55. The molecule has 3 unspecified atom stereocenters. The largest absolute Gasteiger partial charge is 0.491 e. The van der Waals surface area contributed by atoms with Crippen LogP contribution in [-0.2, 0) is 9.59 Å². The molecule has 2 aliphatic heterocycles. The fraction of sp³-hybridized carbons (Fsp3) is 0.409. The standard InChI is InChI=1S/C22H19F4N3O3S/c23-14-8-18(30)17-5-4-13-6-7-29(11-21(13)20(17,10-14)27-12-28-21)33-16-3-1-2-15(9-16)32-19(31)22(24,25)26/h1-3,6,9-10,12,17H,4-5,7-8,11H2,(H,27,28). The Morgan fingerprint density at radius 3 is 2.94 bits per heavy atom. The molecule has 11 heteroatoms. The number of halogens is 4. The summed E-state index contributed by atoms with van der Waals surface area (Å²) in [5.41, 5.74) is -0.780. The summed E-state index contributed by atoms with van der Waals surface area (Å²) >= 11 is 1.27. The molecule has 1 aromatic rings. The molecule has 0 bridgehead atoms. The van der Waals surface area contributed by atoms with Crippen LogP contribution in [0.25, 0.3) is 0 Å². The Morgan fingerprint density at radius 2 is 2.15 bits per heavy atom. The van der Waals surface area contributed by atoms with Crippen LogP contribution in [-0.4, -0.2) is 52.7 Å². The van der Waals surface area contributed by atoms with E-state index in [1.807, 2.05) is 10.4 Å². The molecule has 1 aromatic carbocycles. The first-order chi connectivity index (χ1) is 15.6. The van der Waals surface area contributed by atoms with Crippen molar-refractivity contribution in [1.29, 1.82) is 0 Å². The van der Waals surface area contributed by atoms with E-state index in [4.69, 9.17) is 4.99 Å². The number of carbonyl (C=O) groups excluding carboxylic acids is 2. The molecule has 2 heterocycles. The Hall–Kier alpha value is -2.66. The van der Waals surface area contributed by atoms with Gasteiger partial charge in [0.05, 0.1) is 18.3 Å². The number of hydrogen-bond acceptors (Lipinski definition) is 7. The summed E-state index contributed by atoms with van der Waals surface area (Å²) in [6, 6.07) is 5.81. The monoisotopic (exact) mass is 481 g/mol. The minimum atomic E-state index is -5.09. The van der Waals surface area contributed by atoms with Crippen LogP contribution in [0.1, 0.15) is 19.3 Å². The topological polar surface area (TPSA) is 71.0 Å². The summed E-state index contributed by atoms with van der Waals surface area (Å²) in [5.74, 6) is -3.52. The number of alkyl halides is 3. The predicted molar refractivity (Wildman–Crippen MR) is 112 cm³/mol. The van der Waals surface area contributed by atoms with Crippen molar-refractivity contribution < 1.29 is 31.9 Å². The number of rotatable bonds is 3. The number of benzene rings is 1. The average Bonchev–Trinajstić information content (AvgIpc) is 3.09. The highest BCUT2D eigenvalue weighted by Gasteiger charge is 2.65. The van der Waals surface area contributed by atoms with Gasteiger partial charge in [-0.2, -0.15) is 13.2 Å². The molecule has 0 amide bonds. The van der Waals surface area contributed by atoms with E-state index in [0.717, 1.165) is 5.57 Å². The van der Waals surface area contributed by atoms with Crippen molar-refractivity contribution in [2.45, 2.75) is 41.4 Å². The Kier molecular flexibility index (Phi) is 5.16. The fourth-order valence-corrected chi connectivity index (χ4v) is 6.27. The lowest BCUT2D eigenvalue weighted by atomic mass is 9.56. The number of esters is 1. The molecular formula is C22H19F4N3O3S. The Morgan fingerprint density at radius 1 is 1.33 bits per heavy atom. The summed E-state index contributed by atoms with van der Waals surface area (Å²) < 4.78 is 58.4. The van der Waals surface area contributed by atoms with E-state index in [9.17, 15) is 27.2 Å². The number of ketones is 1. The summed E-state index contributed by atoms with van der Waals surface area (Å²) in [5, 5.41) is 3.18. The summed E-state index contributed by atoms with van der Waals surface area (Å²) in [6.07, 6.45) is 1.09. The molecule has 4 aliphatic rings. The summed E-state index contributed by atoms with van der Waals surface area (Å²) in [4.78, 5) is 29.1. The highest BCUT2D eigenvalue weighted by atomic mass is 32.2. The van der Waals surface area contributed by atoms with Crippen LogP contribution >= 0.6 is 11.9 Å². The molecule has 6 nitrogen and oxygen atoms in total. The quantitative estimate of drug-likeness (QED) is 0.233. The zero-order valence-electron chi connectivity index (χ0n) is 17.2. The molecule has 1 N–H and O–H groups in total. The minimum absolute atomic E-state index is 0.143. The third kappa shape index (κ3) is 3.57. The van der Waals surface area contributed by atoms with Crippen LogP contribution in [0.5, 0.6) is 5.75 Å². The van der Waals surface area contributed by atoms with Crippen LogP contribution in [0, 0.1) is 5.92 Å². The number of Topliss-reactive ketones (excluding diaryl/α,β-unsaturated/α-hetero) is 1. The van der Waals surface area contributed by atoms with Crippen molar-refractivity contribution in [3.63, 3.8) is 0 Å². The molecule has 0 saturated heterocycles. The number of allylic oxidation sites excluding steroid dienone is 1. The van der Waals surface area contributed by atoms with Crippen molar-refractivity contribution >= 4 is 30.0 Å². The summed E-state index contributed by atoms with van der Waals surface area (Å²) in [7, 11) is 0. The number of aliphatic imine (C=N–C) groups is 1. The number of nitrogens with zero attached hydrogens (tertiary/aromatic N) is 2. The number of hydrogen-bond donors (Lipinski definition) is 1. The number of nitrogens with one attached hydrogen (secondary N) is 1. The zero-order chi connectivity index (χ0) is 23.4. The number of ether oxygens (including phenoxy) is 1. The highest BCUT2D eigenvalue weighted by Crippen LogP contribution is 2.54. The van der Waals surface area contributed by atoms with Gasteiger partial charge in [0.15, 0.2) is 0 Å². The van der Waals surface area contributed by atoms with E-state index in [1.165, 1.54) is 36.2 Å². The fourth-order valence-electron chi connectivity index (χ4n) is 5.27. The number of carbonyl (C=O) groups is 2. The maximum absolute atomic E-state index is 14.5. The van der Waals surface area contributed by atoms with E-state index >= 15 is 0 Å². The third-order valence-electron chi connectivity index (χ3n) is 6.60. The van der Waals surface area contributed by atoms with Gasteiger partial charge in [0, 0.05) is 23.9 Å². The van der Waals surface area contributed by atoms with Gasteiger partial charge in [-0.3, -0.25) is 9.79 Å². The molecule has 1 saturated carbocycles. The van der Waals surface area contributed by atoms with Crippen molar-refractivity contribution in [3.8, 4) is 5.75 Å². The van der Waals surface area contributed by atoms with Crippen molar-refractivity contribution in [2.24, 2.45) is 10.9 Å². The molecule has 1 fully saturated rings. The third-order valence-corrected chi connectivity index (χ3v) is 7.60. The van der Waals surface area contributed by atoms with Gasteiger partial charge in [-0.05, 0) is 54.6 Å². The van der Waals surface area contributed by atoms with Crippen LogP contribution in [0.4, 0.5) is 17.6 Å². The van der Waals surface area contributed by atoms with E-state index in [1.54, 1.807) is 12.4 Å². The minimum Gasteiger partial charge on any atom is -0.420 e. The van der Waals surface area contributed by atoms with Gasteiger partial charge in [-0.15, -0.1) is 0 Å².